The smallest absolute Gasteiger partial charge is 0.251 e. The van der Waals surface area contributed by atoms with Crippen LogP contribution in [0, 0.1) is 0 Å². The predicted octanol–water partition coefficient (Wildman–Crippen LogP) is 1.91. The van der Waals surface area contributed by atoms with Crippen molar-refractivity contribution in [2.75, 3.05) is 63.2 Å². The number of anilines is 2. The zero-order chi connectivity index (χ0) is 24.1. The summed E-state index contributed by atoms with van der Waals surface area (Å²) in [5.74, 6) is 0.825. The summed E-state index contributed by atoms with van der Waals surface area (Å²) in [5, 5.41) is 13.4. The van der Waals surface area contributed by atoms with Crippen molar-refractivity contribution >= 4 is 23.2 Å². The van der Waals surface area contributed by atoms with Crippen molar-refractivity contribution in [3.8, 4) is 5.75 Å². The molecule has 1 atom stereocenters. The molecule has 34 heavy (non-hydrogen) atoms. The standard InChI is InChI=1S/C26H34N4O4/c1-28-22-9-7-20(17-19(22)8-10-25(28)32)26(33)27-12-11-21(31)18-29-13-15-30(16-14-29)23-5-3-4-6-24(23)34-2/h3-7,9,17,21,31H,8,10-16,18H2,1-2H3,(H,27,33)/t21-/m1/s1. The number of ether oxygens (including phenoxy) is 1. The number of β-amino-alcohol motifs (C(OH)–C–C–N with tert-alkyl or cyclic N) is 1. The van der Waals surface area contributed by atoms with Gasteiger partial charge in [0.05, 0.1) is 18.9 Å². The Hall–Kier alpha value is -3.10. The highest BCUT2D eigenvalue weighted by atomic mass is 16.5. The van der Waals surface area contributed by atoms with Gasteiger partial charge in [0.2, 0.25) is 5.91 Å². The summed E-state index contributed by atoms with van der Waals surface area (Å²) >= 11 is 0. The number of aliphatic hydroxyl groups excluding tert-OH is 1. The molecule has 2 amide bonds. The van der Waals surface area contributed by atoms with E-state index in [1.54, 1.807) is 25.1 Å². The topological polar surface area (TPSA) is 85.3 Å². The highest BCUT2D eigenvalue weighted by Crippen LogP contribution is 2.29. The van der Waals surface area contributed by atoms with E-state index in [0.717, 1.165) is 48.9 Å². The molecule has 1 saturated heterocycles. The number of piperazine rings is 1. The number of methoxy groups -OCH3 is 1. The summed E-state index contributed by atoms with van der Waals surface area (Å²) in [5.41, 5.74) is 3.58. The molecule has 2 N–H and O–H groups in total. The molecule has 0 aliphatic carbocycles. The van der Waals surface area contributed by atoms with Crippen molar-refractivity contribution in [3.63, 3.8) is 0 Å². The minimum absolute atomic E-state index is 0.0971. The first-order chi connectivity index (χ1) is 16.5. The third kappa shape index (κ3) is 5.51. The van der Waals surface area contributed by atoms with Crippen molar-refractivity contribution in [1.29, 1.82) is 0 Å². The molecule has 1 fully saturated rings. The lowest BCUT2D eigenvalue weighted by Crippen LogP contribution is -2.49. The number of benzene rings is 2. The Kier molecular flexibility index (Phi) is 7.70. The molecular weight excluding hydrogens is 432 g/mol. The molecule has 0 aromatic heterocycles. The Bertz CT molecular complexity index is 1020. The van der Waals surface area contributed by atoms with Crippen LogP contribution >= 0.6 is 0 Å². The second-order valence-corrected chi connectivity index (χ2v) is 8.95. The molecule has 182 valence electrons. The van der Waals surface area contributed by atoms with Crippen molar-refractivity contribution < 1.29 is 19.4 Å². The van der Waals surface area contributed by atoms with Crippen LogP contribution in [0.25, 0.3) is 0 Å². The van der Waals surface area contributed by atoms with Gasteiger partial charge in [0.1, 0.15) is 5.75 Å². The van der Waals surface area contributed by atoms with E-state index < -0.39 is 6.10 Å². The summed E-state index contributed by atoms with van der Waals surface area (Å²) in [6.07, 6.45) is 1.12. The quantitative estimate of drug-likeness (QED) is 0.618. The number of fused-ring (bicyclic) bond motifs is 1. The van der Waals surface area contributed by atoms with Gasteiger partial charge in [-0.15, -0.1) is 0 Å². The Morgan fingerprint density at radius 3 is 2.62 bits per heavy atom. The van der Waals surface area contributed by atoms with Crippen LogP contribution in [-0.2, 0) is 11.2 Å². The van der Waals surface area contributed by atoms with Crippen LogP contribution in [0.1, 0.15) is 28.8 Å². The van der Waals surface area contributed by atoms with Crippen molar-refractivity contribution in [2.45, 2.75) is 25.4 Å². The van der Waals surface area contributed by atoms with Crippen LogP contribution in [0.5, 0.6) is 5.75 Å². The first-order valence-corrected chi connectivity index (χ1v) is 11.9. The van der Waals surface area contributed by atoms with Gasteiger partial charge in [-0.25, -0.2) is 0 Å². The van der Waals surface area contributed by atoms with Gasteiger partial charge in [0.25, 0.3) is 5.91 Å². The van der Waals surface area contributed by atoms with Gasteiger partial charge in [-0.3, -0.25) is 14.5 Å². The minimum Gasteiger partial charge on any atom is -0.495 e. The summed E-state index contributed by atoms with van der Waals surface area (Å²) in [7, 11) is 3.45. The van der Waals surface area contributed by atoms with Crippen molar-refractivity contribution in [3.05, 3.63) is 53.6 Å². The van der Waals surface area contributed by atoms with E-state index in [0.29, 0.717) is 37.9 Å². The molecule has 0 bridgehead atoms. The van der Waals surface area contributed by atoms with Crippen LogP contribution in [0.4, 0.5) is 11.4 Å². The molecule has 0 radical (unpaired) electrons. The molecule has 0 saturated carbocycles. The number of hydrogen-bond acceptors (Lipinski definition) is 6. The number of nitrogens with zero attached hydrogens (tertiary/aromatic N) is 3. The lowest BCUT2D eigenvalue weighted by atomic mass is 9.99. The highest BCUT2D eigenvalue weighted by molar-refractivity contribution is 5.98. The van der Waals surface area contributed by atoms with Crippen molar-refractivity contribution in [1.82, 2.24) is 10.2 Å². The first-order valence-electron chi connectivity index (χ1n) is 11.9. The van der Waals surface area contributed by atoms with Crippen LogP contribution in [0.15, 0.2) is 42.5 Å². The third-order valence-electron chi connectivity index (χ3n) is 6.72. The number of carbonyl (C=O) groups excluding carboxylic acids is 2. The third-order valence-corrected chi connectivity index (χ3v) is 6.72. The van der Waals surface area contributed by atoms with Gasteiger partial charge in [0, 0.05) is 64.0 Å². The van der Waals surface area contributed by atoms with E-state index in [1.807, 2.05) is 30.3 Å². The largest absolute Gasteiger partial charge is 0.495 e. The molecule has 4 rings (SSSR count). The average Bonchev–Trinajstić information content (AvgIpc) is 2.86. The summed E-state index contributed by atoms with van der Waals surface area (Å²) in [6, 6.07) is 13.5. The Labute approximate surface area is 201 Å². The maximum atomic E-state index is 12.6. The summed E-state index contributed by atoms with van der Waals surface area (Å²) in [6.45, 7) is 4.50. The van der Waals surface area contributed by atoms with Gasteiger partial charge < -0.3 is 25.0 Å². The van der Waals surface area contributed by atoms with Gasteiger partial charge >= 0.3 is 0 Å². The number of aryl methyl sites for hydroxylation is 1. The average molecular weight is 467 g/mol. The van der Waals surface area contributed by atoms with Crippen LogP contribution in [0.2, 0.25) is 0 Å². The highest BCUT2D eigenvalue weighted by Gasteiger charge is 2.23. The molecule has 2 aliphatic heterocycles. The molecule has 0 spiro atoms. The minimum atomic E-state index is -0.499. The normalized spacial score (nSPS) is 17.3. The van der Waals surface area contributed by atoms with Crippen LogP contribution < -0.4 is 19.9 Å². The second kappa shape index (κ2) is 10.9. The number of hydrogen-bond donors (Lipinski definition) is 2. The van der Waals surface area contributed by atoms with Crippen LogP contribution in [0.3, 0.4) is 0 Å². The Balaban J connectivity index is 1.20. The predicted molar refractivity (Wildman–Crippen MR) is 133 cm³/mol. The Morgan fingerprint density at radius 1 is 1.09 bits per heavy atom. The number of nitrogens with one attached hydrogen (secondary N) is 1. The fourth-order valence-corrected chi connectivity index (χ4v) is 4.70. The second-order valence-electron chi connectivity index (χ2n) is 8.95. The fourth-order valence-electron chi connectivity index (χ4n) is 4.70. The monoisotopic (exact) mass is 466 g/mol. The van der Waals surface area contributed by atoms with E-state index in [1.165, 1.54) is 0 Å². The molecule has 2 aromatic rings. The van der Waals surface area contributed by atoms with Crippen LogP contribution in [-0.4, -0.2) is 81.4 Å². The maximum absolute atomic E-state index is 12.6. The molecule has 0 unspecified atom stereocenters. The Morgan fingerprint density at radius 2 is 1.85 bits per heavy atom. The van der Waals surface area contributed by atoms with Crippen molar-refractivity contribution in [2.24, 2.45) is 0 Å². The number of para-hydroxylation sites is 2. The summed E-state index contributed by atoms with van der Waals surface area (Å²) in [4.78, 5) is 30.6. The van der Waals surface area contributed by atoms with E-state index >= 15 is 0 Å². The van der Waals surface area contributed by atoms with Gasteiger partial charge in [0.15, 0.2) is 0 Å². The molecule has 8 nitrogen and oxygen atoms in total. The SMILES string of the molecule is COc1ccccc1N1CCN(C[C@H](O)CCNC(=O)c2ccc3c(c2)CCC(=O)N3C)CC1. The van der Waals surface area contributed by atoms with E-state index in [2.05, 4.69) is 21.2 Å². The zero-order valence-corrected chi connectivity index (χ0v) is 20.0. The number of amides is 2. The molecule has 2 aliphatic rings. The number of aliphatic hydroxyl groups is 1. The van der Waals surface area contributed by atoms with E-state index in [4.69, 9.17) is 4.74 Å². The van der Waals surface area contributed by atoms with E-state index in [-0.39, 0.29) is 11.8 Å². The molecule has 8 heteroatoms. The lowest BCUT2D eigenvalue weighted by molar-refractivity contribution is -0.118. The molecular formula is C26H34N4O4. The number of rotatable bonds is 8. The van der Waals surface area contributed by atoms with Gasteiger partial charge in [-0.1, -0.05) is 12.1 Å². The first kappa shape index (κ1) is 24.0. The fraction of sp³-hybridized carbons (Fsp3) is 0.462. The molecule has 2 heterocycles. The lowest BCUT2D eigenvalue weighted by Gasteiger charge is -2.37. The molecule has 2 aromatic carbocycles. The number of carbonyl (C=O) groups is 2. The zero-order valence-electron chi connectivity index (χ0n) is 20.0. The summed E-state index contributed by atoms with van der Waals surface area (Å²) < 4.78 is 5.48. The van der Waals surface area contributed by atoms with E-state index in [9.17, 15) is 14.7 Å². The van der Waals surface area contributed by atoms with Gasteiger partial charge in [-0.05, 0) is 48.7 Å². The maximum Gasteiger partial charge on any atom is 0.251 e. The van der Waals surface area contributed by atoms with Gasteiger partial charge in [-0.2, -0.15) is 0 Å².